The van der Waals surface area contributed by atoms with E-state index in [-0.39, 0.29) is 0 Å². The Labute approximate surface area is 70.3 Å². The summed E-state index contributed by atoms with van der Waals surface area (Å²) >= 11 is 0. The lowest BCUT2D eigenvalue weighted by Crippen LogP contribution is -2.15. The van der Waals surface area contributed by atoms with E-state index in [4.69, 9.17) is 4.74 Å². The van der Waals surface area contributed by atoms with Gasteiger partial charge in [0, 0.05) is 7.11 Å². The lowest BCUT2D eigenvalue weighted by molar-refractivity contribution is 0.0962. The van der Waals surface area contributed by atoms with Gasteiger partial charge in [0.2, 0.25) is 0 Å². The van der Waals surface area contributed by atoms with Gasteiger partial charge in [0.25, 0.3) is 0 Å². The third-order valence-electron chi connectivity index (χ3n) is 2.02. The molecule has 0 heterocycles. The van der Waals surface area contributed by atoms with E-state index in [2.05, 4.69) is 19.2 Å². The van der Waals surface area contributed by atoms with Gasteiger partial charge in [-0.1, -0.05) is 6.92 Å². The van der Waals surface area contributed by atoms with E-state index in [1.165, 1.54) is 6.42 Å². The van der Waals surface area contributed by atoms with Gasteiger partial charge >= 0.3 is 0 Å². The van der Waals surface area contributed by atoms with Crippen LogP contribution >= 0.6 is 0 Å². The Hall–Kier alpha value is -0.0800. The Bertz CT molecular complexity index is 85.6. The van der Waals surface area contributed by atoms with E-state index in [1.54, 1.807) is 7.11 Å². The molecule has 1 N–H and O–H groups in total. The average molecular weight is 159 g/mol. The van der Waals surface area contributed by atoms with Gasteiger partial charge in [-0.25, -0.2) is 0 Å². The Morgan fingerprint density at radius 2 is 2.00 bits per heavy atom. The molecular weight excluding hydrogens is 138 g/mol. The zero-order valence-electron chi connectivity index (χ0n) is 8.18. The molecule has 0 aromatic heterocycles. The summed E-state index contributed by atoms with van der Waals surface area (Å²) in [5, 5.41) is 3.15. The normalized spacial score (nSPS) is 16.4. The molecule has 11 heavy (non-hydrogen) atoms. The van der Waals surface area contributed by atoms with Crippen molar-refractivity contribution in [1.82, 2.24) is 5.32 Å². The van der Waals surface area contributed by atoms with Gasteiger partial charge in [0.05, 0.1) is 6.10 Å². The summed E-state index contributed by atoms with van der Waals surface area (Å²) in [4.78, 5) is 0. The Morgan fingerprint density at radius 3 is 2.45 bits per heavy atom. The van der Waals surface area contributed by atoms with Gasteiger partial charge < -0.3 is 10.1 Å². The topological polar surface area (TPSA) is 21.3 Å². The lowest BCUT2D eigenvalue weighted by Gasteiger charge is -2.15. The van der Waals surface area contributed by atoms with Crippen molar-refractivity contribution >= 4 is 0 Å². The summed E-state index contributed by atoms with van der Waals surface area (Å²) in [7, 11) is 3.77. The first-order chi connectivity index (χ1) is 5.20. The minimum absolute atomic E-state index is 0.404. The van der Waals surface area contributed by atoms with Crippen molar-refractivity contribution in [3.63, 3.8) is 0 Å². The van der Waals surface area contributed by atoms with Gasteiger partial charge in [-0.2, -0.15) is 0 Å². The second-order valence-electron chi connectivity index (χ2n) is 3.28. The van der Waals surface area contributed by atoms with Crippen LogP contribution in [0.2, 0.25) is 0 Å². The van der Waals surface area contributed by atoms with Crippen LogP contribution in [0.3, 0.4) is 0 Å². The number of nitrogens with one attached hydrogen (secondary N) is 1. The molecular formula is C9H21NO. The summed E-state index contributed by atoms with van der Waals surface area (Å²) < 4.78 is 5.18. The molecule has 0 aromatic rings. The first-order valence-electron chi connectivity index (χ1n) is 4.38. The van der Waals surface area contributed by atoms with Crippen LogP contribution in [0.25, 0.3) is 0 Å². The highest BCUT2D eigenvalue weighted by Crippen LogP contribution is 2.10. The van der Waals surface area contributed by atoms with Crippen molar-refractivity contribution in [2.75, 3.05) is 20.7 Å². The molecule has 0 aliphatic heterocycles. The maximum Gasteiger partial charge on any atom is 0.0545 e. The summed E-state index contributed by atoms with van der Waals surface area (Å²) in [5.41, 5.74) is 0. The zero-order valence-corrected chi connectivity index (χ0v) is 8.18. The Kier molecular flexibility index (Phi) is 6.57. The van der Waals surface area contributed by atoms with Crippen molar-refractivity contribution in [3.05, 3.63) is 0 Å². The largest absolute Gasteiger partial charge is 0.382 e. The SMILES string of the molecule is CNCCC(C)CC(C)OC. The number of hydrogen-bond donors (Lipinski definition) is 1. The standard InChI is InChI=1S/C9H21NO/c1-8(5-6-10-3)7-9(2)11-4/h8-10H,5-7H2,1-4H3. The van der Waals surface area contributed by atoms with Crippen LogP contribution in [-0.4, -0.2) is 26.8 Å². The van der Waals surface area contributed by atoms with Gasteiger partial charge in [0.15, 0.2) is 0 Å². The molecule has 2 heteroatoms. The minimum Gasteiger partial charge on any atom is -0.382 e. The van der Waals surface area contributed by atoms with Crippen molar-refractivity contribution in [1.29, 1.82) is 0 Å². The molecule has 68 valence electrons. The average Bonchev–Trinajstić information content (AvgIpc) is 2.00. The molecule has 0 rings (SSSR count). The molecule has 0 aliphatic carbocycles. The second kappa shape index (κ2) is 6.62. The van der Waals surface area contributed by atoms with Crippen LogP contribution in [0.4, 0.5) is 0 Å². The first-order valence-corrected chi connectivity index (χ1v) is 4.38. The quantitative estimate of drug-likeness (QED) is 0.636. The monoisotopic (exact) mass is 159 g/mol. The van der Waals surface area contributed by atoms with Gasteiger partial charge in [-0.3, -0.25) is 0 Å². The number of ether oxygens (including phenoxy) is 1. The molecule has 0 aliphatic rings. The van der Waals surface area contributed by atoms with E-state index in [0.29, 0.717) is 6.10 Å². The highest BCUT2D eigenvalue weighted by atomic mass is 16.5. The molecule has 0 saturated carbocycles. The summed E-state index contributed by atoms with van der Waals surface area (Å²) in [6, 6.07) is 0. The summed E-state index contributed by atoms with van der Waals surface area (Å²) in [5.74, 6) is 0.761. The van der Waals surface area contributed by atoms with Crippen molar-refractivity contribution in [2.45, 2.75) is 32.8 Å². The van der Waals surface area contributed by atoms with Crippen LogP contribution in [0.15, 0.2) is 0 Å². The second-order valence-corrected chi connectivity index (χ2v) is 3.28. The van der Waals surface area contributed by atoms with Crippen LogP contribution in [0.1, 0.15) is 26.7 Å². The third kappa shape index (κ3) is 6.32. The molecule has 0 fully saturated rings. The molecule has 2 nitrogen and oxygen atoms in total. The van der Waals surface area contributed by atoms with Crippen LogP contribution in [0, 0.1) is 5.92 Å². The molecule has 0 spiro atoms. The van der Waals surface area contributed by atoms with Crippen LogP contribution < -0.4 is 5.32 Å². The Morgan fingerprint density at radius 1 is 1.36 bits per heavy atom. The van der Waals surface area contributed by atoms with Crippen molar-refractivity contribution in [2.24, 2.45) is 5.92 Å². The number of rotatable bonds is 6. The Balaban J connectivity index is 3.27. The predicted molar refractivity (Wildman–Crippen MR) is 48.8 cm³/mol. The molecule has 0 radical (unpaired) electrons. The minimum atomic E-state index is 0.404. The first kappa shape index (κ1) is 10.9. The van der Waals surface area contributed by atoms with E-state index in [1.807, 2.05) is 7.05 Å². The molecule has 0 amide bonds. The zero-order chi connectivity index (χ0) is 8.69. The maximum absolute atomic E-state index is 5.18. The van der Waals surface area contributed by atoms with E-state index >= 15 is 0 Å². The van der Waals surface area contributed by atoms with E-state index < -0.39 is 0 Å². The molecule has 2 unspecified atom stereocenters. The smallest absolute Gasteiger partial charge is 0.0545 e. The highest BCUT2D eigenvalue weighted by molar-refractivity contribution is 4.59. The van der Waals surface area contributed by atoms with Crippen molar-refractivity contribution in [3.8, 4) is 0 Å². The van der Waals surface area contributed by atoms with Gasteiger partial charge in [0.1, 0.15) is 0 Å². The summed E-state index contributed by atoms with van der Waals surface area (Å²) in [6.07, 6.45) is 2.81. The molecule has 0 bridgehead atoms. The fraction of sp³-hybridized carbons (Fsp3) is 1.00. The predicted octanol–water partition coefficient (Wildman–Crippen LogP) is 1.66. The van der Waals surface area contributed by atoms with Crippen LogP contribution in [-0.2, 0) is 4.74 Å². The van der Waals surface area contributed by atoms with E-state index in [9.17, 15) is 0 Å². The number of hydrogen-bond acceptors (Lipinski definition) is 2. The number of methoxy groups -OCH3 is 1. The molecule has 0 aromatic carbocycles. The fourth-order valence-corrected chi connectivity index (χ4v) is 1.17. The molecule has 0 saturated heterocycles. The molecule has 2 atom stereocenters. The van der Waals surface area contributed by atoms with Gasteiger partial charge in [-0.15, -0.1) is 0 Å². The van der Waals surface area contributed by atoms with Crippen molar-refractivity contribution < 1.29 is 4.74 Å². The third-order valence-corrected chi connectivity index (χ3v) is 2.02. The van der Waals surface area contributed by atoms with Crippen LogP contribution in [0.5, 0.6) is 0 Å². The summed E-state index contributed by atoms with van der Waals surface area (Å²) in [6.45, 7) is 5.50. The van der Waals surface area contributed by atoms with Gasteiger partial charge in [-0.05, 0) is 39.3 Å². The van der Waals surface area contributed by atoms with E-state index in [0.717, 1.165) is 18.9 Å². The lowest BCUT2D eigenvalue weighted by atomic mass is 10.0. The highest BCUT2D eigenvalue weighted by Gasteiger charge is 2.06. The maximum atomic E-state index is 5.18. The fourth-order valence-electron chi connectivity index (χ4n) is 1.17.